The fourth-order valence-electron chi connectivity index (χ4n) is 2.73. The van der Waals surface area contributed by atoms with Gasteiger partial charge in [-0.3, -0.25) is 0 Å². The van der Waals surface area contributed by atoms with E-state index in [4.69, 9.17) is 0 Å². The smallest absolute Gasteiger partial charge is 0.123 e. The molecule has 1 aromatic rings. The van der Waals surface area contributed by atoms with Gasteiger partial charge in [-0.15, -0.1) is 0 Å². The number of fused-ring (bicyclic) bond motifs is 1. The topological polar surface area (TPSA) is 12.0 Å². The van der Waals surface area contributed by atoms with Crippen molar-refractivity contribution in [3.8, 4) is 0 Å². The van der Waals surface area contributed by atoms with Crippen molar-refractivity contribution in [3.63, 3.8) is 0 Å². The van der Waals surface area contributed by atoms with E-state index in [1.54, 1.807) is 12.1 Å². The maximum Gasteiger partial charge on any atom is 0.123 e. The fourth-order valence-corrected chi connectivity index (χ4v) is 5.35. The van der Waals surface area contributed by atoms with Crippen molar-refractivity contribution in [2.24, 2.45) is 0 Å². The molecule has 18 heavy (non-hydrogen) atoms. The lowest BCUT2D eigenvalue weighted by atomic mass is 10.1. The third-order valence-electron chi connectivity index (χ3n) is 3.66. The summed E-state index contributed by atoms with van der Waals surface area (Å²) in [6.07, 6.45) is 2.13. The highest BCUT2D eigenvalue weighted by atomic mass is 32.2. The van der Waals surface area contributed by atoms with Crippen LogP contribution in [0.25, 0.3) is 0 Å². The number of hydrogen-bond acceptors (Lipinski definition) is 3. The van der Waals surface area contributed by atoms with Gasteiger partial charge >= 0.3 is 0 Å². The van der Waals surface area contributed by atoms with Crippen LogP contribution in [0, 0.1) is 5.82 Å². The van der Waals surface area contributed by atoms with Crippen LogP contribution in [0.1, 0.15) is 23.6 Å². The molecule has 0 bridgehead atoms. The minimum Gasteiger partial charge on any atom is -0.309 e. The van der Waals surface area contributed by atoms with E-state index in [9.17, 15) is 4.39 Å². The Hall–Kier alpha value is -0.190. The summed E-state index contributed by atoms with van der Waals surface area (Å²) in [5, 5.41) is 4.41. The quantitative estimate of drug-likeness (QED) is 0.914. The molecule has 4 heteroatoms. The van der Waals surface area contributed by atoms with Crippen molar-refractivity contribution >= 4 is 23.5 Å². The highest BCUT2D eigenvalue weighted by Gasteiger charge is 2.23. The number of aryl methyl sites for hydroxylation is 1. The molecule has 98 valence electrons. The standard InChI is InChI=1S/C14H18FNS2/c15-11-2-3-13-10(7-11)1-4-14(13)16-8-12-9-17-5-6-18-12/h2-3,7,12,14,16H,1,4-6,8-9H2. The molecule has 2 atom stereocenters. The Kier molecular flexibility index (Phi) is 4.16. The van der Waals surface area contributed by atoms with Crippen molar-refractivity contribution < 1.29 is 4.39 Å². The Labute approximate surface area is 116 Å². The van der Waals surface area contributed by atoms with Crippen LogP contribution in [0.2, 0.25) is 0 Å². The maximum absolute atomic E-state index is 13.1. The van der Waals surface area contributed by atoms with E-state index in [-0.39, 0.29) is 5.82 Å². The summed E-state index contributed by atoms with van der Waals surface area (Å²) >= 11 is 4.15. The van der Waals surface area contributed by atoms with Gasteiger partial charge < -0.3 is 5.32 Å². The number of rotatable bonds is 3. The molecule has 1 aliphatic carbocycles. The summed E-state index contributed by atoms with van der Waals surface area (Å²) in [6.45, 7) is 1.08. The van der Waals surface area contributed by atoms with Gasteiger partial charge in [0.2, 0.25) is 0 Å². The second-order valence-electron chi connectivity index (χ2n) is 4.91. The van der Waals surface area contributed by atoms with Gasteiger partial charge in [0.05, 0.1) is 0 Å². The summed E-state index contributed by atoms with van der Waals surface area (Å²) in [6, 6.07) is 5.68. The Balaban J connectivity index is 1.59. The van der Waals surface area contributed by atoms with E-state index in [1.165, 1.54) is 28.4 Å². The number of halogens is 1. The molecule has 0 aromatic heterocycles. The van der Waals surface area contributed by atoms with E-state index < -0.39 is 0 Å². The Morgan fingerprint density at radius 3 is 3.11 bits per heavy atom. The number of benzene rings is 1. The molecule has 0 saturated carbocycles. The van der Waals surface area contributed by atoms with Crippen molar-refractivity contribution in [2.75, 3.05) is 23.8 Å². The SMILES string of the molecule is Fc1ccc2c(c1)CCC2NCC1CSCCS1. The van der Waals surface area contributed by atoms with Gasteiger partial charge in [0.15, 0.2) is 0 Å². The lowest BCUT2D eigenvalue weighted by Gasteiger charge is -2.23. The predicted octanol–water partition coefficient (Wildman–Crippen LogP) is 3.25. The minimum absolute atomic E-state index is 0.103. The first-order valence-corrected chi connectivity index (χ1v) is 8.74. The molecule has 1 fully saturated rings. The molecule has 2 unspecified atom stereocenters. The van der Waals surface area contributed by atoms with Crippen molar-refractivity contribution in [3.05, 3.63) is 35.1 Å². The van der Waals surface area contributed by atoms with Crippen LogP contribution in [0.4, 0.5) is 4.39 Å². The number of hydrogen-bond donors (Lipinski definition) is 1. The zero-order valence-electron chi connectivity index (χ0n) is 10.3. The Morgan fingerprint density at radius 2 is 2.28 bits per heavy atom. The molecule has 0 radical (unpaired) electrons. The Morgan fingerprint density at radius 1 is 1.33 bits per heavy atom. The van der Waals surface area contributed by atoms with Crippen molar-refractivity contribution in [1.82, 2.24) is 5.32 Å². The second kappa shape index (κ2) is 5.85. The Bertz CT molecular complexity index is 418. The van der Waals surface area contributed by atoms with E-state index in [1.807, 2.05) is 6.07 Å². The van der Waals surface area contributed by atoms with Gasteiger partial charge in [0.1, 0.15) is 5.82 Å². The molecule has 1 aliphatic heterocycles. The predicted molar refractivity (Wildman–Crippen MR) is 79.0 cm³/mol. The summed E-state index contributed by atoms with van der Waals surface area (Å²) in [4.78, 5) is 0. The van der Waals surface area contributed by atoms with Gasteiger partial charge in [-0.1, -0.05) is 6.07 Å². The van der Waals surface area contributed by atoms with Crippen LogP contribution in [0.3, 0.4) is 0 Å². The van der Waals surface area contributed by atoms with E-state index in [0.717, 1.165) is 24.6 Å². The van der Waals surface area contributed by atoms with Crippen LogP contribution in [0.15, 0.2) is 18.2 Å². The van der Waals surface area contributed by atoms with E-state index in [2.05, 4.69) is 28.8 Å². The molecule has 2 aliphatic rings. The first kappa shape index (κ1) is 12.8. The molecule has 0 spiro atoms. The lowest BCUT2D eigenvalue weighted by molar-refractivity contribution is 0.534. The third kappa shape index (κ3) is 2.86. The second-order valence-corrected chi connectivity index (χ2v) is 7.47. The first-order chi connectivity index (χ1) is 8.83. The first-order valence-electron chi connectivity index (χ1n) is 6.54. The molecule has 0 amide bonds. The van der Waals surface area contributed by atoms with Crippen LogP contribution < -0.4 is 5.32 Å². The summed E-state index contributed by atoms with van der Waals surface area (Å²) < 4.78 is 13.1. The van der Waals surface area contributed by atoms with Crippen LogP contribution >= 0.6 is 23.5 Å². The summed E-state index contributed by atoms with van der Waals surface area (Å²) in [5.74, 6) is 3.74. The van der Waals surface area contributed by atoms with Gasteiger partial charge in [0.25, 0.3) is 0 Å². The van der Waals surface area contributed by atoms with Crippen molar-refractivity contribution in [1.29, 1.82) is 0 Å². The average molecular weight is 283 g/mol. The zero-order chi connectivity index (χ0) is 12.4. The number of nitrogens with one attached hydrogen (secondary N) is 1. The molecule has 1 nitrogen and oxygen atoms in total. The zero-order valence-corrected chi connectivity index (χ0v) is 12.0. The summed E-state index contributed by atoms with van der Waals surface area (Å²) in [5.41, 5.74) is 2.50. The third-order valence-corrected chi connectivity index (χ3v) is 6.50. The van der Waals surface area contributed by atoms with Gasteiger partial charge in [-0.2, -0.15) is 23.5 Å². The van der Waals surface area contributed by atoms with E-state index in [0.29, 0.717) is 6.04 Å². The fraction of sp³-hybridized carbons (Fsp3) is 0.571. The van der Waals surface area contributed by atoms with Crippen LogP contribution in [0.5, 0.6) is 0 Å². The normalized spacial score (nSPS) is 27.2. The van der Waals surface area contributed by atoms with Crippen LogP contribution in [-0.2, 0) is 6.42 Å². The van der Waals surface area contributed by atoms with Crippen LogP contribution in [-0.4, -0.2) is 29.1 Å². The molecular weight excluding hydrogens is 265 g/mol. The average Bonchev–Trinajstić information content (AvgIpc) is 2.80. The van der Waals surface area contributed by atoms with Gasteiger partial charge in [0, 0.05) is 35.1 Å². The highest BCUT2D eigenvalue weighted by Crippen LogP contribution is 2.32. The van der Waals surface area contributed by atoms with E-state index >= 15 is 0 Å². The molecule has 1 saturated heterocycles. The molecule has 1 aromatic carbocycles. The minimum atomic E-state index is -0.103. The summed E-state index contributed by atoms with van der Waals surface area (Å²) in [7, 11) is 0. The van der Waals surface area contributed by atoms with Gasteiger partial charge in [-0.05, 0) is 36.1 Å². The lowest BCUT2D eigenvalue weighted by Crippen LogP contribution is -2.31. The maximum atomic E-state index is 13.1. The molecule has 1 N–H and O–H groups in total. The van der Waals surface area contributed by atoms with Crippen molar-refractivity contribution in [2.45, 2.75) is 24.1 Å². The monoisotopic (exact) mass is 283 g/mol. The molecule has 3 rings (SSSR count). The molecular formula is C14H18FNS2. The number of thioether (sulfide) groups is 2. The van der Waals surface area contributed by atoms with Gasteiger partial charge in [-0.25, -0.2) is 4.39 Å². The molecule has 1 heterocycles. The highest BCUT2D eigenvalue weighted by molar-refractivity contribution is 8.06. The largest absolute Gasteiger partial charge is 0.309 e.